The highest BCUT2D eigenvalue weighted by Gasteiger charge is 2.15. The molecule has 1 aliphatic rings. The predicted octanol–water partition coefficient (Wildman–Crippen LogP) is 3.74. The van der Waals surface area contributed by atoms with E-state index in [0.717, 1.165) is 17.9 Å². The third-order valence-corrected chi connectivity index (χ3v) is 4.12. The van der Waals surface area contributed by atoms with E-state index in [-0.39, 0.29) is 11.3 Å². The van der Waals surface area contributed by atoms with Crippen molar-refractivity contribution in [1.82, 2.24) is 0 Å². The SMILES string of the molecule is N=c1ccc2c(O)cc(CCC3CCCC3)cc2o1. The molecule has 3 rings (SSSR count). The Morgan fingerprint density at radius 1 is 1.21 bits per heavy atom. The lowest BCUT2D eigenvalue weighted by molar-refractivity contribution is 0.474. The van der Waals surface area contributed by atoms with Crippen LogP contribution in [0.4, 0.5) is 0 Å². The van der Waals surface area contributed by atoms with Gasteiger partial charge < -0.3 is 9.52 Å². The molecule has 1 aromatic heterocycles. The van der Waals surface area contributed by atoms with Crippen LogP contribution in [0, 0.1) is 11.3 Å². The zero-order valence-electron chi connectivity index (χ0n) is 11.0. The van der Waals surface area contributed by atoms with Gasteiger partial charge in [0.1, 0.15) is 11.3 Å². The van der Waals surface area contributed by atoms with E-state index in [1.807, 2.05) is 12.1 Å². The van der Waals surface area contributed by atoms with E-state index in [9.17, 15) is 5.11 Å². The van der Waals surface area contributed by atoms with Crippen molar-refractivity contribution in [2.45, 2.75) is 38.5 Å². The number of phenols is 1. The number of rotatable bonds is 3. The molecule has 100 valence electrons. The third-order valence-electron chi connectivity index (χ3n) is 4.12. The Labute approximate surface area is 112 Å². The van der Waals surface area contributed by atoms with Gasteiger partial charge in [0.05, 0.1) is 5.39 Å². The van der Waals surface area contributed by atoms with Crippen LogP contribution in [0.2, 0.25) is 0 Å². The molecule has 0 saturated heterocycles. The second kappa shape index (κ2) is 5.08. The monoisotopic (exact) mass is 257 g/mol. The van der Waals surface area contributed by atoms with E-state index in [0.29, 0.717) is 11.0 Å². The molecule has 0 aliphatic heterocycles. The van der Waals surface area contributed by atoms with E-state index in [4.69, 9.17) is 9.83 Å². The molecular formula is C16H19NO2. The van der Waals surface area contributed by atoms with Gasteiger partial charge in [0.15, 0.2) is 0 Å². The van der Waals surface area contributed by atoms with E-state index < -0.39 is 0 Å². The van der Waals surface area contributed by atoms with Crippen molar-refractivity contribution in [3.63, 3.8) is 0 Å². The van der Waals surface area contributed by atoms with Crippen molar-refractivity contribution in [3.05, 3.63) is 35.4 Å². The molecule has 1 saturated carbocycles. The Hall–Kier alpha value is -1.77. The molecule has 0 amide bonds. The number of phenolic OH excluding ortho intramolecular Hbond substituents is 1. The van der Waals surface area contributed by atoms with Crippen LogP contribution in [0.3, 0.4) is 0 Å². The molecule has 3 heteroatoms. The molecule has 2 N–H and O–H groups in total. The van der Waals surface area contributed by atoms with E-state index in [1.54, 1.807) is 12.1 Å². The Kier molecular flexibility index (Phi) is 3.28. The van der Waals surface area contributed by atoms with Crippen molar-refractivity contribution in [3.8, 4) is 5.75 Å². The van der Waals surface area contributed by atoms with Crippen LogP contribution in [0.15, 0.2) is 28.7 Å². The number of fused-ring (bicyclic) bond motifs is 1. The van der Waals surface area contributed by atoms with Crippen molar-refractivity contribution in [1.29, 1.82) is 5.41 Å². The molecule has 0 unspecified atom stereocenters. The second-order valence-electron chi connectivity index (χ2n) is 5.52. The Morgan fingerprint density at radius 2 is 2.00 bits per heavy atom. The standard InChI is InChI=1S/C16H19NO2/c17-16-8-7-13-14(18)9-12(10-15(13)19-16)6-5-11-3-1-2-4-11/h7-11,17-18H,1-6H2. The number of hydrogen-bond donors (Lipinski definition) is 2. The minimum absolute atomic E-state index is 0.125. The zero-order chi connectivity index (χ0) is 13.2. The number of aryl methyl sites for hydroxylation is 1. The summed E-state index contributed by atoms with van der Waals surface area (Å²) in [6, 6.07) is 7.08. The molecular weight excluding hydrogens is 238 g/mol. The fourth-order valence-corrected chi connectivity index (χ4v) is 3.05. The van der Waals surface area contributed by atoms with Crippen molar-refractivity contribution < 1.29 is 9.52 Å². The first-order valence-corrected chi connectivity index (χ1v) is 7.03. The summed E-state index contributed by atoms with van der Waals surface area (Å²) >= 11 is 0. The van der Waals surface area contributed by atoms with Gasteiger partial charge in [-0.25, -0.2) is 0 Å². The largest absolute Gasteiger partial charge is 0.507 e. The fraction of sp³-hybridized carbons (Fsp3) is 0.438. The van der Waals surface area contributed by atoms with Gasteiger partial charge in [-0.05, 0) is 42.5 Å². The van der Waals surface area contributed by atoms with Crippen molar-refractivity contribution >= 4 is 11.0 Å². The van der Waals surface area contributed by atoms with Gasteiger partial charge in [-0.2, -0.15) is 0 Å². The molecule has 0 radical (unpaired) electrons. The van der Waals surface area contributed by atoms with Crippen molar-refractivity contribution in [2.75, 3.05) is 0 Å². The van der Waals surface area contributed by atoms with Gasteiger partial charge in [0.2, 0.25) is 5.55 Å². The maximum atomic E-state index is 10.0. The number of benzene rings is 1. The highest BCUT2D eigenvalue weighted by Crippen LogP contribution is 2.30. The molecule has 1 fully saturated rings. The molecule has 0 atom stereocenters. The van der Waals surface area contributed by atoms with E-state index >= 15 is 0 Å². The van der Waals surface area contributed by atoms with Crippen LogP contribution in [0.5, 0.6) is 5.75 Å². The molecule has 1 heterocycles. The van der Waals surface area contributed by atoms with Gasteiger partial charge in [-0.15, -0.1) is 0 Å². The quantitative estimate of drug-likeness (QED) is 0.880. The maximum Gasteiger partial charge on any atom is 0.211 e. The average molecular weight is 257 g/mol. The average Bonchev–Trinajstić information content (AvgIpc) is 2.89. The lowest BCUT2D eigenvalue weighted by Gasteiger charge is -2.09. The van der Waals surface area contributed by atoms with Gasteiger partial charge >= 0.3 is 0 Å². The highest BCUT2D eigenvalue weighted by molar-refractivity contribution is 5.83. The first-order valence-electron chi connectivity index (χ1n) is 7.03. The first kappa shape index (κ1) is 12.3. The van der Waals surface area contributed by atoms with Crippen LogP contribution >= 0.6 is 0 Å². The number of hydrogen-bond acceptors (Lipinski definition) is 3. The maximum absolute atomic E-state index is 10.0. The molecule has 1 aliphatic carbocycles. The molecule has 19 heavy (non-hydrogen) atoms. The third kappa shape index (κ3) is 2.65. The molecule has 0 bridgehead atoms. The van der Waals surface area contributed by atoms with Crippen LogP contribution < -0.4 is 5.55 Å². The molecule has 2 aromatic rings. The summed E-state index contributed by atoms with van der Waals surface area (Å²) in [6.07, 6.45) is 7.59. The lowest BCUT2D eigenvalue weighted by atomic mass is 9.97. The van der Waals surface area contributed by atoms with Crippen LogP contribution in [0.1, 0.15) is 37.7 Å². The molecule has 0 spiro atoms. The highest BCUT2D eigenvalue weighted by atomic mass is 16.3. The number of nitrogens with one attached hydrogen (secondary N) is 1. The number of aromatic hydroxyl groups is 1. The summed E-state index contributed by atoms with van der Waals surface area (Å²) in [7, 11) is 0. The van der Waals surface area contributed by atoms with Crippen LogP contribution in [-0.2, 0) is 6.42 Å². The topological polar surface area (TPSA) is 57.2 Å². The summed E-state index contributed by atoms with van der Waals surface area (Å²) in [4.78, 5) is 0. The normalized spacial score (nSPS) is 16.2. The van der Waals surface area contributed by atoms with Gasteiger partial charge in [0.25, 0.3) is 0 Å². The summed E-state index contributed by atoms with van der Waals surface area (Å²) in [6.45, 7) is 0. The zero-order valence-corrected chi connectivity index (χ0v) is 11.0. The van der Waals surface area contributed by atoms with Gasteiger partial charge in [-0.3, -0.25) is 5.41 Å². The lowest BCUT2D eigenvalue weighted by Crippen LogP contribution is -1.98. The minimum Gasteiger partial charge on any atom is -0.507 e. The van der Waals surface area contributed by atoms with Crippen molar-refractivity contribution in [2.24, 2.45) is 5.92 Å². The Morgan fingerprint density at radius 3 is 2.79 bits per heavy atom. The summed E-state index contributed by atoms with van der Waals surface area (Å²) in [5.74, 6) is 1.10. The summed E-state index contributed by atoms with van der Waals surface area (Å²) in [5, 5.41) is 18.2. The van der Waals surface area contributed by atoms with E-state index in [1.165, 1.54) is 32.1 Å². The fourth-order valence-electron chi connectivity index (χ4n) is 3.05. The summed E-state index contributed by atoms with van der Waals surface area (Å²) < 4.78 is 5.36. The smallest absolute Gasteiger partial charge is 0.211 e. The summed E-state index contributed by atoms with van der Waals surface area (Å²) in [5.41, 5.74) is 1.83. The second-order valence-corrected chi connectivity index (χ2v) is 5.52. The predicted molar refractivity (Wildman–Crippen MR) is 74.0 cm³/mol. The molecule has 3 nitrogen and oxygen atoms in total. The van der Waals surface area contributed by atoms with Crippen LogP contribution in [0.25, 0.3) is 11.0 Å². The molecule has 1 aromatic carbocycles. The van der Waals surface area contributed by atoms with Gasteiger partial charge in [-0.1, -0.05) is 25.7 Å². The Balaban J connectivity index is 1.85. The van der Waals surface area contributed by atoms with Gasteiger partial charge in [0, 0.05) is 6.07 Å². The Bertz CT molecular complexity index is 639. The first-order chi connectivity index (χ1) is 9.22. The van der Waals surface area contributed by atoms with E-state index in [2.05, 4.69) is 0 Å². The van der Waals surface area contributed by atoms with Crippen LogP contribution in [-0.4, -0.2) is 5.11 Å². The minimum atomic E-state index is 0.125.